The van der Waals surface area contributed by atoms with Crippen molar-refractivity contribution in [3.63, 3.8) is 0 Å². The van der Waals surface area contributed by atoms with Gasteiger partial charge in [0, 0.05) is 17.5 Å². The number of methoxy groups -OCH3 is 1. The first kappa shape index (κ1) is 21.3. The van der Waals surface area contributed by atoms with Crippen molar-refractivity contribution in [3.05, 3.63) is 87.1 Å². The van der Waals surface area contributed by atoms with Gasteiger partial charge in [-0.1, -0.05) is 6.08 Å². The lowest BCUT2D eigenvalue weighted by molar-refractivity contribution is 0.402. The fourth-order valence-electron chi connectivity index (χ4n) is 3.36. The Bertz CT molecular complexity index is 1080. The number of halogens is 2. The van der Waals surface area contributed by atoms with Crippen LogP contribution in [0.1, 0.15) is 26.3 Å². The zero-order valence-corrected chi connectivity index (χ0v) is 17.3. The molecule has 8 heteroatoms. The number of nitrogens with zero attached hydrogens (tertiary/aromatic N) is 2. The maximum Gasteiger partial charge on any atom is 0.316 e. The molecule has 1 unspecified atom stereocenters. The highest BCUT2D eigenvalue weighted by atomic mass is 19.1. The summed E-state index contributed by atoms with van der Waals surface area (Å²) in [6, 6.07) is 3.35. The molecule has 30 heavy (non-hydrogen) atoms. The standard InChI is InChI=1S/C22H24F2N4O2/c1-5-6-19(18-7-13(2)25-14(18)3)26-22-27-21(29)20(30-4)12-28(22)11-15-8-16(23)10-17(24)9-15/h5-10,12,14,25H,11H2,1-4H3,(H,26,27,29)/b6-5-,19-18+. The largest absolute Gasteiger partial charge is 0.490 e. The van der Waals surface area contributed by atoms with Crippen molar-refractivity contribution in [2.24, 2.45) is 0 Å². The third kappa shape index (κ3) is 4.76. The maximum absolute atomic E-state index is 13.7. The number of hydrogen-bond acceptors (Lipinski definition) is 5. The van der Waals surface area contributed by atoms with E-state index in [1.54, 1.807) is 4.57 Å². The molecule has 1 aliphatic heterocycles. The third-order valence-corrected chi connectivity index (χ3v) is 4.63. The summed E-state index contributed by atoms with van der Waals surface area (Å²) in [5, 5.41) is 6.53. The molecule has 0 saturated carbocycles. The SMILES string of the molecule is C/C=C\C(Nc1nc(=O)c(OC)cn1Cc1cc(F)cc(F)c1)=C1\C=C(C)NC1C. The van der Waals surface area contributed by atoms with Gasteiger partial charge in [-0.05, 0) is 56.2 Å². The van der Waals surface area contributed by atoms with Crippen LogP contribution in [0, 0.1) is 11.6 Å². The zero-order valence-electron chi connectivity index (χ0n) is 17.3. The van der Waals surface area contributed by atoms with Gasteiger partial charge in [0.2, 0.25) is 11.7 Å². The van der Waals surface area contributed by atoms with Crippen molar-refractivity contribution in [1.29, 1.82) is 0 Å². The van der Waals surface area contributed by atoms with Crippen LogP contribution in [0.25, 0.3) is 0 Å². The Balaban J connectivity index is 2.08. The first-order chi connectivity index (χ1) is 14.3. The van der Waals surface area contributed by atoms with Crippen molar-refractivity contribution in [3.8, 4) is 5.75 Å². The number of ether oxygens (including phenoxy) is 1. The van der Waals surface area contributed by atoms with Crippen LogP contribution in [-0.4, -0.2) is 22.7 Å². The predicted molar refractivity (Wildman–Crippen MR) is 112 cm³/mol. The summed E-state index contributed by atoms with van der Waals surface area (Å²) in [7, 11) is 1.37. The second-order valence-electron chi connectivity index (χ2n) is 7.03. The first-order valence-electron chi connectivity index (χ1n) is 9.50. The first-order valence-corrected chi connectivity index (χ1v) is 9.50. The Morgan fingerprint density at radius 3 is 2.60 bits per heavy atom. The van der Waals surface area contributed by atoms with Gasteiger partial charge < -0.3 is 19.9 Å². The molecule has 0 aliphatic carbocycles. The Hall–Kier alpha value is -3.42. The Kier molecular flexibility index (Phi) is 6.34. The lowest BCUT2D eigenvalue weighted by Crippen LogP contribution is -2.23. The fourth-order valence-corrected chi connectivity index (χ4v) is 3.36. The molecule has 2 heterocycles. The average Bonchev–Trinajstić information content (AvgIpc) is 3.00. The topological polar surface area (TPSA) is 68.2 Å². The van der Waals surface area contributed by atoms with E-state index in [2.05, 4.69) is 15.6 Å². The highest BCUT2D eigenvalue weighted by Crippen LogP contribution is 2.23. The van der Waals surface area contributed by atoms with Crippen LogP contribution in [0.15, 0.2) is 64.4 Å². The normalized spacial score (nSPS) is 17.7. The van der Waals surface area contributed by atoms with Gasteiger partial charge in [0.25, 0.3) is 0 Å². The van der Waals surface area contributed by atoms with Crippen LogP contribution in [0.3, 0.4) is 0 Å². The van der Waals surface area contributed by atoms with E-state index in [4.69, 9.17) is 4.74 Å². The molecule has 158 valence electrons. The van der Waals surface area contributed by atoms with Crippen molar-refractivity contribution in [2.75, 3.05) is 12.4 Å². The van der Waals surface area contributed by atoms with Gasteiger partial charge in [0.05, 0.1) is 25.9 Å². The van der Waals surface area contributed by atoms with Crippen LogP contribution in [0.4, 0.5) is 14.7 Å². The quantitative estimate of drug-likeness (QED) is 0.754. The molecule has 2 N–H and O–H groups in total. The number of rotatable bonds is 6. The summed E-state index contributed by atoms with van der Waals surface area (Å²) >= 11 is 0. The molecule has 0 spiro atoms. The van der Waals surface area contributed by atoms with Crippen LogP contribution in [0.5, 0.6) is 5.75 Å². The van der Waals surface area contributed by atoms with E-state index in [0.29, 0.717) is 5.56 Å². The van der Waals surface area contributed by atoms with Crippen LogP contribution in [0.2, 0.25) is 0 Å². The van der Waals surface area contributed by atoms with Crippen molar-refractivity contribution < 1.29 is 13.5 Å². The molecule has 1 aromatic carbocycles. The van der Waals surface area contributed by atoms with Gasteiger partial charge >= 0.3 is 5.56 Å². The van der Waals surface area contributed by atoms with Gasteiger partial charge in [-0.25, -0.2) is 8.78 Å². The Labute approximate surface area is 173 Å². The van der Waals surface area contributed by atoms with E-state index < -0.39 is 17.2 Å². The molecule has 0 bridgehead atoms. The van der Waals surface area contributed by atoms with Crippen molar-refractivity contribution >= 4 is 5.95 Å². The molecular formula is C22H24F2N4O2. The molecule has 0 saturated heterocycles. The van der Waals surface area contributed by atoms with E-state index in [-0.39, 0.29) is 24.3 Å². The lowest BCUT2D eigenvalue weighted by atomic mass is 10.1. The summed E-state index contributed by atoms with van der Waals surface area (Å²) < 4.78 is 34.0. The monoisotopic (exact) mass is 414 g/mol. The maximum atomic E-state index is 13.7. The number of allylic oxidation sites excluding steroid dienone is 3. The van der Waals surface area contributed by atoms with Crippen LogP contribution in [-0.2, 0) is 6.54 Å². The van der Waals surface area contributed by atoms with Gasteiger partial charge in [0.1, 0.15) is 11.6 Å². The van der Waals surface area contributed by atoms with Gasteiger partial charge in [-0.3, -0.25) is 4.79 Å². The second-order valence-corrected chi connectivity index (χ2v) is 7.03. The van der Waals surface area contributed by atoms with Gasteiger partial charge in [-0.15, -0.1) is 0 Å². The molecule has 0 fully saturated rings. The second kappa shape index (κ2) is 8.94. The zero-order chi connectivity index (χ0) is 21.8. The average molecular weight is 414 g/mol. The van der Waals surface area contributed by atoms with E-state index in [1.165, 1.54) is 25.4 Å². The van der Waals surface area contributed by atoms with E-state index >= 15 is 0 Å². The van der Waals surface area contributed by atoms with Gasteiger partial charge in [-0.2, -0.15) is 4.98 Å². The van der Waals surface area contributed by atoms with Crippen molar-refractivity contribution in [1.82, 2.24) is 14.9 Å². The summed E-state index contributed by atoms with van der Waals surface area (Å²) in [5.41, 5.74) is 2.62. The van der Waals surface area contributed by atoms with E-state index in [0.717, 1.165) is 23.0 Å². The highest BCUT2D eigenvalue weighted by Gasteiger charge is 2.19. The Morgan fingerprint density at radius 2 is 2.03 bits per heavy atom. The minimum Gasteiger partial charge on any atom is -0.490 e. The summed E-state index contributed by atoms with van der Waals surface area (Å²) in [6.07, 6.45) is 7.24. The molecule has 1 aliphatic rings. The van der Waals surface area contributed by atoms with Crippen molar-refractivity contribution in [2.45, 2.75) is 33.4 Å². The number of benzene rings is 1. The van der Waals surface area contributed by atoms with E-state index in [9.17, 15) is 13.6 Å². The molecule has 3 rings (SSSR count). The highest BCUT2D eigenvalue weighted by molar-refractivity contribution is 5.50. The number of anilines is 1. The molecule has 1 aromatic heterocycles. The number of nitrogens with one attached hydrogen (secondary N) is 2. The lowest BCUT2D eigenvalue weighted by Gasteiger charge is -2.18. The van der Waals surface area contributed by atoms with Crippen LogP contribution < -0.4 is 20.9 Å². The molecule has 0 amide bonds. The summed E-state index contributed by atoms with van der Waals surface area (Å²) in [4.78, 5) is 16.4. The minimum atomic E-state index is -0.677. The van der Waals surface area contributed by atoms with Gasteiger partial charge in [0.15, 0.2) is 0 Å². The molecule has 6 nitrogen and oxygen atoms in total. The molecule has 0 radical (unpaired) electrons. The molecule has 2 aromatic rings. The Morgan fingerprint density at radius 1 is 1.33 bits per heavy atom. The smallest absolute Gasteiger partial charge is 0.316 e. The summed E-state index contributed by atoms with van der Waals surface area (Å²) in [5.74, 6) is -1.09. The minimum absolute atomic E-state index is 0.0318. The number of aromatic nitrogens is 2. The predicted octanol–water partition coefficient (Wildman–Crippen LogP) is 3.72. The third-order valence-electron chi connectivity index (χ3n) is 4.63. The molecule has 1 atom stereocenters. The van der Waals surface area contributed by atoms with Crippen LogP contribution >= 0.6 is 0 Å². The number of hydrogen-bond donors (Lipinski definition) is 2. The summed E-state index contributed by atoms with van der Waals surface area (Å²) in [6.45, 7) is 5.96. The molecular weight excluding hydrogens is 390 g/mol. The van der Waals surface area contributed by atoms with E-state index in [1.807, 2.05) is 39.0 Å². The fraction of sp³-hybridized carbons (Fsp3) is 0.273.